The maximum atomic E-state index is 12.4. The van der Waals surface area contributed by atoms with Crippen molar-refractivity contribution in [2.24, 2.45) is 5.41 Å². The highest BCUT2D eigenvalue weighted by Crippen LogP contribution is 2.42. The first-order valence-electron chi connectivity index (χ1n) is 7.99. The van der Waals surface area contributed by atoms with Crippen molar-refractivity contribution in [3.05, 3.63) is 34.9 Å². The number of nitrogens with zero attached hydrogens (tertiary/aromatic N) is 1. The second-order valence-corrected chi connectivity index (χ2v) is 7.51. The Morgan fingerprint density at radius 1 is 1.29 bits per heavy atom. The molecule has 1 heterocycles. The fourth-order valence-electron chi connectivity index (χ4n) is 3.96. The Kier molecular flexibility index (Phi) is 3.56. The van der Waals surface area contributed by atoms with E-state index in [1.54, 1.807) is 0 Å². The molecule has 1 saturated carbocycles. The zero-order valence-corrected chi connectivity index (χ0v) is 13.6. The Hall–Kier alpha value is -1.35. The van der Waals surface area contributed by atoms with E-state index < -0.39 is 0 Å². The fourth-order valence-corrected chi connectivity index (χ4v) is 3.96. The molecule has 1 saturated heterocycles. The molecule has 2 unspecified atom stereocenters. The summed E-state index contributed by atoms with van der Waals surface area (Å²) in [7, 11) is 0. The molecule has 0 bridgehead atoms. The van der Waals surface area contributed by atoms with Gasteiger partial charge < -0.3 is 4.90 Å². The SMILES string of the molecule is Cc1ccc(C2NCC(=O)N2C2CCC(C)(C)C2)c(C)c1. The van der Waals surface area contributed by atoms with Crippen LogP contribution in [0.1, 0.15) is 56.0 Å². The van der Waals surface area contributed by atoms with Crippen molar-refractivity contribution in [3.63, 3.8) is 0 Å². The van der Waals surface area contributed by atoms with E-state index in [-0.39, 0.29) is 12.1 Å². The molecule has 1 aromatic carbocycles. The van der Waals surface area contributed by atoms with E-state index in [0.717, 1.165) is 12.8 Å². The number of benzene rings is 1. The van der Waals surface area contributed by atoms with Gasteiger partial charge in [-0.05, 0) is 49.7 Å². The second kappa shape index (κ2) is 5.13. The highest BCUT2D eigenvalue weighted by atomic mass is 16.2. The molecular weight excluding hydrogens is 260 g/mol. The molecule has 21 heavy (non-hydrogen) atoms. The average molecular weight is 286 g/mol. The van der Waals surface area contributed by atoms with Crippen LogP contribution >= 0.6 is 0 Å². The standard InChI is InChI=1S/C18H26N2O/c1-12-5-6-15(13(2)9-12)17-19-11-16(21)20(17)14-7-8-18(3,4)10-14/h5-6,9,14,17,19H,7-8,10-11H2,1-4H3. The molecule has 1 aliphatic carbocycles. The van der Waals surface area contributed by atoms with Crippen LogP contribution in [0.5, 0.6) is 0 Å². The molecule has 0 spiro atoms. The van der Waals surface area contributed by atoms with Gasteiger partial charge in [-0.3, -0.25) is 10.1 Å². The largest absolute Gasteiger partial charge is 0.319 e. The van der Waals surface area contributed by atoms with E-state index >= 15 is 0 Å². The minimum atomic E-state index is 0.0528. The first kappa shape index (κ1) is 14.6. The third-order valence-electron chi connectivity index (χ3n) is 5.07. The van der Waals surface area contributed by atoms with Gasteiger partial charge in [0, 0.05) is 6.04 Å². The lowest BCUT2D eigenvalue weighted by atomic mass is 9.91. The highest BCUT2D eigenvalue weighted by Gasteiger charge is 2.42. The van der Waals surface area contributed by atoms with Gasteiger partial charge in [0.25, 0.3) is 0 Å². The zero-order valence-electron chi connectivity index (χ0n) is 13.6. The van der Waals surface area contributed by atoms with E-state index in [1.165, 1.54) is 23.1 Å². The van der Waals surface area contributed by atoms with Crippen molar-refractivity contribution in [1.29, 1.82) is 0 Å². The van der Waals surface area contributed by atoms with Gasteiger partial charge in [-0.1, -0.05) is 37.6 Å². The Morgan fingerprint density at radius 2 is 2.05 bits per heavy atom. The van der Waals surface area contributed by atoms with Gasteiger partial charge in [0.15, 0.2) is 0 Å². The van der Waals surface area contributed by atoms with Crippen molar-refractivity contribution >= 4 is 5.91 Å². The molecule has 1 aliphatic heterocycles. The predicted octanol–water partition coefficient (Wildman–Crippen LogP) is 3.31. The monoisotopic (exact) mass is 286 g/mol. The summed E-state index contributed by atoms with van der Waals surface area (Å²) in [6.45, 7) is 9.35. The van der Waals surface area contributed by atoms with Crippen LogP contribution in [-0.2, 0) is 4.79 Å². The van der Waals surface area contributed by atoms with Crippen LogP contribution < -0.4 is 5.32 Å². The molecule has 0 aromatic heterocycles. The van der Waals surface area contributed by atoms with Gasteiger partial charge >= 0.3 is 0 Å². The number of rotatable bonds is 2. The van der Waals surface area contributed by atoms with Gasteiger partial charge in [-0.25, -0.2) is 0 Å². The summed E-state index contributed by atoms with van der Waals surface area (Å²) in [5, 5.41) is 3.41. The lowest BCUT2D eigenvalue weighted by Gasteiger charge is -2.32. The van der Waals surface area contributed by atoms with E-state index in [9.17, 15) is 4.79 Å². The van der Waals surface area contributed by atoms with E-state index in [4.69, 9.17) is 0 Å². The first-order chi connectivity index (χ1) is 9.87. The van der Waals surface area contributed by atoms with Crippen molar-refractivity contribution in [1.82, 2.24) is 10.2 Å². The van der Waals surface area contributed by atoms with Crippen LogP contribution in [0, 0.1) is 19.3 Å². The van der Waals surface area contributed by atoms with Gasteiger partial charge in [-0.2, -0.15) is 0 Å². The van der Waals surface area contributed by atoms with Crippen molar-refractivity contribution < 1.29 is 4.79 Å². The lowest BCUT2D eigenvalue weighted by Crippen LogP contribution is -2.39. The predicted molar refractivity (Wildman–Crippen MR) is 84.9 cm³/mol. The van der Waals surface area contributed by atoms with Crippen LogP contribution in [0.4, 0.5) is 0 Å². The van der Waals surface area contributed by atoms with Crippen LogP contribution in [0.25, 0.3) is 0 Å². The summed E-state index contributed by atoms with van der Waals surface area (Å²) in [4.78, 5) is 14.5. The maximum absolute atomic E-state index is 12.4. The summed E-state index contributed by atoms with van der Waals surface area (Å²) in [6.07, 6.45) is 3.50. The maximum Gasteiger partial charge on any atom is 0.238 e. The van der Waals surface area contributed by atoms with Crippen LogP contribution in [-0.4, -0.2) is 23.4 Å². The fraction of sp³-hybridized carbons (Fsp3) is 0.611. The second-order valence-electron chi connectivity index (χ2n) is 7.51. The zero-order chi connectivity index (χ0) is 15.2. The molecule has 2 fully saturated rings. The van der Waals surface area contributed by atoms with E-state index in [2.05, 4.69) is 56.1 Å². The molecule has 114 valence electrons. The number of hydrogen-bond acceptors (Lipinski definition) is 2. The molecule has 3 nitrogen and oxygen atoms in total. The topological polar surface area (TPSA) is 32.3 Å². The van der Waals surface area contributed by atoms with Gasteiger partial charge in [0.1, 0.15) is 6.17 Å². The third-order valence-corrected chi connectivity index (χ3v) is 5.07. The summed E-state index contributed by atoms with van der Waals surface area (Å²) in [5.41, 5.74) is 4.15. The molecule has 2 atom stereocenters. The van der Waals surface area contributed by atoms with Gasteiger partial charge in [-0.15, -0.1) is 0 Å². The Bertz CT molecular complexity index is 564. The molecule has 0 radical (unpaired) electrons. The summed E-state index contributed by atoms with van der Waals surface area (Å²) in [6, 6.07) is 6.90. The summed E-state index contributed by atoms with van der Waals surface area (Å²) in [5.74, 6) is 0.252. The first-order valence-corrected chi connectivity index (χ1v) is 7.99. The van der Waals surface area contributed by atoms with Crippen molar-refractivity contribution in [2.75, 3.05) is 6.54 Å². The number of aryl methyl sites for hydroxylation is 2. The number of amides is 1. The summed E-state index contributed by atoms with van der Waals surface area (Å²) < 4.78 is 0. The Balaban J connectivity index is 1.89. The van der Waals surface area contributed by atoms with Crippen LogP contribution in [0.15, 0.2) is 18.2 Å². The highest BCUT2D eigenvalue weighted by molar-refractivity contribution is 5.81. The van der Waals surface area contributed by atoms with E-state index in [1.807, 2.05) is 0 Å². The Labute approximate surface area is 127 Å². The van der Waals surface area contributed by atoms with Crippen molar-refractivity contribution in [2.45, 2.75) is 59.2 Å². The number of hydrogen-bond donors (Lipinski definition) is 1. The molecule has 1 amide bonds. The molecule has 1 N–H and O–H groups in total. The lowest BCUT2D eigenvalue weighted by molar-refractivity contribution is -0.130. The Morgan fingerprint density at radius 3 is 2.67 bits per heavy atom. The number of nitrogens with one attached hydrogen (secondary N) is 1. The molecular formula is C18H26N2O. The molecule has 1 aromatic rings. The van der Waals surface area contributed by atoms with Crippen molar-refractivity contribution in [3.8, 4) is 0 Å². The quantitative estimate of drug-likeness (QED) is 0.904. The van der Waals surface area contributed by atoms with E-state index in [0.29, 0.717) is 18.0 Å². The van der Waals surface area contributed by atoms with Gasteiger partial charge in [0.05, 0.1) is 6.54 Å². The normalized spacial score (nSPS) is 28.4. The average Bonchev–Trinajstić information content (AvgIpc) is 2.92. The minimum Gasteiger partial charge on any atom is -0.319 e. The van der Waals surface area contributed by atoms with Crippen LogP contribution in [0.2, 0.25) is 0 Å². The molecule has 3 rings (SSSR count). The van der Waals surface area contributed by atoms with Gasteiger partial charge in [0.2, 0.25) is 5.91 Å². The number of carbonyl (C=O) groups is 1. The minimum absolute atomic E-state index is 0.0528. The van der Waals surface area contributed by atoms with Crippen LogP contribution in [0.3, 0.4) is 0 Å². The molecule has 3 heteroatoms. The third kappa shape index (κ3) is 2.71. The smallest absolute Gasteiger partial charge is 0.238 e. The summed E-state index contributed by atoms with van der Waals surface area (Å²) >= 11 is 0. The number of carbonyl (C=O) groups excluding carboxylic acids is 1. The molecule has 2 aliphatic rings.